The molecule has 6 nitrogen and oxygen atoms in total. The minimum absolute atomic E-state index is 0.0570. The van der Waals surface area contributed by atoms with E-state index in [2.05, 4.69) is 5.32 Å². The molecule has 0 saturated carbocycles. The summed E-state index contributed by atoms with van der Waals surface area (Å²) in [5, 5.41) is 2.73. The van der Waals surface area contributed by atoms with Crippen molar-refractivity contribution in [3.05, 3.63) is 29.8 Å². The van der Waals surface area contributed by atoms with Gasteiger partial charge in [0.25, 0.3) is 0 Å². The van der Waals surface area contributed by atoms with Crippen LogP contribution in [-0.4, -0.2) is 49.3 Å². The van der Waals surface area contributed by atoms with E-state index >= 15 is 0 Å². The topological polar surface area (TPSA) is 75.7 Å². The van der Waals surface area contributed by atoms with Crippen molar-refractivity contribution in [1.82, 2.24) is 4.90 Å². The van der Waals surface area contributed by atoms with Crippen LogP contribution in [0.5, 0.6) is 0 Å². The highest BCUT2D eigenvalue weighted by molar-refractivity contribution is 5.97. The van der Waals surface area contributed by atoms with E-state index in [1.165, 1.54) is 13.8 Å². The van der Waals surface area contributed by atoms with Crippen molar-refractivity contribution >= 4 is 23.3 Å². The lowest BCUT2D eigenvalue weighted by atomic mass is 10.1. The molecule has 0 heterocycles. The van der Waals surface area contributed by atoms with Gasteiger partial charge in [0.2, 0.25) is 11.8 Å². The minimum atomic E-state index is -0.204. The Balaban J connectivity index is 2.53. The van der Waals surface area contributed by atoms with Gasteiger partial charge in [0, 0.05) is 44.8 Å². The first-order valence-corrected chi connectivity index (χ1v) is 7.09. The fourth-order valence-electron chi connectivity index (χ4n) is 1.90. The van der Waals surface area contributed by atoms with Crippen molar-refractivity contribution in [3.8, 4) is 0 Å². The summed E-state index contributed by atoms with van der Waals surface area (Å²) in [4.78, 5) is 36.2. The number of ketones is 1. The van der Waals surface area contributed by atoms with Crippen molar-refractivity contribution in [2.75, 3.05) is 32.1 Å². The molecule has 0 saturated heterocycles. The number of hydrogen-bond donors (Lipinski definition) is 1. The summed E-state index contributed by atoms with van der Waals surface area (Å²) in [6.45, 7) is 4.16. The molecule has 0 spiro atoms. The predicted molar refractivity (Wildman–Crippen MR) is 83.8 cm³/mol. The molecule has 0 aromatic heterocycles. The number of Topliss-reactive ketones (excluding diaryl/α,β-unsaturated/α-hetero) is 1. The summed E-state index contributed by atoms with van der Waals surface area (Å²) in [6, 6.07) is 6.76. The number of anilines is 1. The fourth-order valence-corrected chi connectivity index (χ4v) is 1.90. The maximum absolute atomic E-state index is 11.9. The van der Waals surface area contributed by atoms with E-state index in [4.69, 9.17) is 4.74 Å². The van der Waals surface area contributed by atoms with Crippen LogP contribution in [0.1, 0.15) is 30.6 Å². The van der Waals surface area contributed by atoms with Gasteiger partial charge in [-0.15, -0.1) is 0 Å². The molecular weight excluding hydrogens is 284 g/mol. The van der Waals surface area contributed by atoms with E-state index in [9.17, 15) is 14.4 Å². The molecule has 2 amide bonds. The van der Waals surface area contributed by atoms with Gasteiger partial charge in [0.05, 0.1) is 6.61 Å². The number of methoxy groups -OCH3 is 1. The Morgan fingerprint density at radius 3 is 2.50 bits per heavy atom. The van der Waals surface area contributed by atoms with Gasteiger partial charge in [-0.1, -0.05) is 12.1 Å². The van der Waals surface area contributed by atoms with Crippen LogP contribution < -0.4 is 5.32 Å². The van der Waals surface area contributed by atoms with Gasteiger partial charge in [0.15, 0.2) is 5.78 Å². The van der Waals surface area contributed by atoms with Crippen LogP contribution in [0.25, 0.3) is 0 Å². The number of ether oxygens (including phenoxy) is 1. The van der Waals surface area contributed by atoms with Crippen LogP contribution in [0.3, 0.4) is 0 Å². The Hall–Kier alpha value is -2.21. The van der Waals surface area contributed by atoms with Gasteiger partial charge < -0.3 is 15.0 Å². The highest BCUT2D eigenvalue weighted by Crippen LogP contribution is 2.11. The molecule has 1 aromatic carbocycles. The molecular formula is C16H22N2O4. The highest BCUT2D eigenvalue weighted by atomic mass is 16.5. The summed E-state index contributed by atoms with van der Waals surface area (Å²) >= 11 is 0. The van der Waals surface area contributed by atoms with Crippen molar-refractivity contribution in [1.29, 1.82) is 0 Å². The molecule has 6 heteroatoms. The number of carbonyl (C=O) groups is 3. The molecule has 0 aliphatic carbocycles. The Morgan fingerprint density at radius 2 is 1.91 bits per heavy atom. The van der Waals surface area contributed by atoms with E-state index in [1.54, 1.807) is 36.3 Å². The van der Waals surface area contributed by atoms with Crippen LogP contribution >= 0.6 is 0 Å². The molecule has 0 atom stereocenters. The van der Waals surface area contributed by atoms with E-state index in [0.29, 0.717) is 30.9 Å². The average molecular weight is 306 g/mol. The van der Waals surface area contributed by atoms with Crippen molar-refractivity contribution < 1.29 is 19.1 Å². The number of amides is 2. The molecule has 120 valence electrons. The largest absolute Gasteiger partial charge is 0.383 e. The maximum Gasteiger partial charge on any atom is 0.226 e. The summed E-state index contributed by atoms with van der Waals surface area (Å²) in [5.41, 5.74) is 1.12. The van der Waals surface area contributed by atoms with Gasteiger partial charge in [0.1, 0.15) is 0 Å². The SMILES string of the molecule is COCCN(CCC(=O)Nc1cccc(C(C)=O)c1)C(C)=O. The third kappa shape index (κ3) is 6.05. The van der Waals surface area contributed by atoms with Crippen molar-refractivity contribution in [2.24, 2.45) is 0 Å². The second-order valence-electron chi connectivity index (χ2n) is 4.93. The quantitative estimate of drug-likeness (QED) is 0.742. The first kappa shape index (κ1) is 17.8. The normalized spacial score (nSPS) is 10.1. The molecule has 0 aliphatic rings. The number of nitrogens with one attached hydrogen (secondary N) is 1. The van der Waals surface area contributed by atoms with Crippen molar-refractivity contribution in [3.63, 3.8) is 0 Å². The van der Waals surface area contributed by atoms with Gasteiger partial charge in [-0.2, -0.15) is 0 Å². The van der Waals surface area contributed by atoms with E-state index < -0.39 is 0 Å². The molecule has 1 aromatic rings. The Kier molecular flexibility index (Phi) is 7.25. The van der Waals surface area contributed by atoms with Gasteiger partial charge >= 0.3 is 0 Å². The van der Waals surface area contributed by atoms with E-state index in [-0.39, 0.29) is 24.0 Å². The third-order valence-electron chi connectivity index (χ3n) is 3.17. The molecule has 1 rings (SSSR count). The smallest absolute Gasteiger partial charge is 0.226 e. The third-order valence-corrected chi connectivity index (χ3v) is 3.17. The Labute approximate surface area is 130 Å². The van der Waals surface area contributed by atoms with Crippen LogP contribution in [0.15, 0.2) is 24.3 Å². The number of benzene rings is 1. The summed E-state index contributed by atoms with van der Waals surface area (Å²) in [5.74, 6) is -0.355. The standard InChI is InChI=1S/C16H22N2O4/c1-12(19)14-5-4-6-15(11-14)17-16(21)7-8-18(13(2)20)9-10-22-3/h4-6,11H,7-10H2,1-3H3,(H,17,21). The number of rotatable bonds is 8. The molecule has 22 heavy (non-hydrogen) atoms. The minimum Gasteiger partial charge on any atom is -0.383 e. The Morgan fingerprint density at radius 1 is 1.18 bits per heavy atom. The monoisotopic (exact) mass is 306 g/mol. The second-order valence-corrected chi connectivity index (χ2v) is 4.93. The molecule has 0 aliphatic heterocycles. The fraction of sp³-hybridized carbons (Fsp3) is 0.438. The Bertz CT molecular complexity index is 543. The maximum atomic E-state index is 11.9. The molecule has 0 fully saturated rings. The number of nitrogens with zero attached hydrogens (tertiary/aromatic N) is 1. The van der Waals surface area contributed by atoms with E-state index in [0.717, 1.165) is 0 Å². The van der Waals surface area contributed by atoms with Crippen LogP contribution in [0.4, 0.5) is 5.69 Å². The van der Waals surface area contributed by atoms with Gasteiger partial charge in [-0.05, 0) is 19.1 Å². The lowest BCUT2D eigenvalue weighted by molar-refractivity contribution is -0.130. The summed E-state index contributed by atoms with van der Waals surface area (Å²) in [6.07, 6.45) is 0.188. The second kappa shape index (κ2) is 8.94. The molecule has 0 bridgehead atoms. The van der Waals surface area contributed by atoms with Crippen molar-refractivity contribution in [2.45, 2.75) is 20.3 Å². The summed E-state index contributed by atoms with van der Waals surface area (Å²) in [7, 11) is 1.56. The first-order valence-electron chi connectivity index (χ1n) is 7.09. The van der Waals surface area contributed by atoms with Crippen LogP contribution in [0, 0.1) is 0 Å². The van der Waals surface area contributed by atoms with E-state index in [1.807, 2.05) is 0 Å². The zero-order valence-electron chi connectivity index (χ0n) is 13.2. The molecule has 0 radical (unpaired) electrons. The van der Waals surface area contributed by atoms with Crippen LogP contribution in [-0.2, 0) is 14.3 Å². The molecule has 0 unspecified atom stereocenters. The lowest BCUT2D eigenvalue weighted by Gasteiger charge is -2.20. The lowest BCUT2D eigenvalue weighted by Crippen LogP contribution is -2.34. The van der Waals surface area contributed by atoms with Crippen LogP contribution in [0.2, 0.25) is 0 Å². The zero-order valence-corrected chi connectivity index (χ0v) is 13.2. The van der Waals surface area contributed by atoms with Gasteiger partial charge in [-0.25, -0.2) is 0 Å². The highest BCUT2D eigenvalue weighted by Gasteiger charge is 2.11. The average Bonchev–Trinajstić information content (AvgIpc) is 2.47. The summed E-state index contributed by atoms with van der Waals surface area (Å²) < 4.78 is 4.93. The van der Waals surface area contributed by atoms with Gasteiger partial charge in [-0.3, -0.25) is 14.4 Å². The number of carbonyl (C=O) groups excluding carboxylic acids is 3. The number of hydrogen-bond acceptors (Lipinski definition) is 4. The zero-order chi connectivity index (χ0) is 16.5. The predicted octanol–water partition coefficient (Wildman–Crippen LogP) is 1.71. The first-order chi connectivity index (χ1) is 10.4. The molecule has 1 N–H and O–H groups in total.